The summed E-state index contributed by atoms with van der Waals surface area (Å²) >= 11 is 0. The van der Waals surface area contributed by atoms with Crippen molar-refractivity contribution in [3.05, 3.63) is 47.6 Å². The molecule has 118 valence electrons. The van der Waals surface area contributed by atoms with Crippen molar-refractivity contribution in [2.75, 3.05) is 20.2 Å². The molecule has 1 aromatic carbocycles. The van der Waals surface area contributed by atoms with E-state index in [4.69, 9.17) is 9.26 Å². The van der Waals surface area contributed by atoms with Gasteiger partial charge in [0, 0.05) is 32.8 Å². The summed E-state index contributed by atoms with van der Waals surface area (Å²) in [5.41, 5.74) is 1.37. The maximum Gasteiger partial charge on any atom is 0.252 e. The van der Waals surface area contributed by atoms with Crippen LogP contribution in [0.3, 0.4) is 0 Å². The first-order valence-corrected chi connectivity index (χ1v) is 7.63. The minimum Gasteiger partial charge on any atom is -0.375 e. The third-order valence-electron chi connectivity index (χ3n) is 3.85. The molecule has 1 saturated heterocycles. The van der Waals surface area contributed by atoms with Crippen molar-refractivity contribution in [2.45, 2.75) is 32.2 Å². The SMILES string of the molecule is COCc1nc(CN[C@H]2CCN(Cc3ccccc3)C2)no1. The van der Waals surface area contributed by atoms with E-state index in [1.165, 1.54) is 5.56 Å². The average Bonchev–Trinajstić information content (AvgIpc) is 3.16. The van der Waals surface area contributed by atoms with E-state index >= 15 is 0 Å². The molecular formula is C16H22N4O2. The highest BCUT2D eigenvalue weighted by Crippen LogP contribution is 2.13. The maximum atomic E-state index is 5.08. The number of likely N-dealkylation sites (tertiary alicyclic amines) is 1. The summed E-state index contributed by atoms with van der Waals surface area (Å²) in [5, 5.41) is 7.44. The van der Waals surface area contributed by atoms with Gasteiger partial charge in [0.25, 0.3) is 5.89 Å². The standard InChI is InChI=1S/C16H22N4O2/c1-21-12-16-18-15(19-22-16)9-17-14-7-8-20(11-14)10-13-5-3-2-4-6-13/h2-6,14,17H,7-12H2,1H3/t14-/m0/s1. The first-order valence-electron chi connectivity index (χ1n) is 7.63. The van der Waals surface area contributed by atoms with Crippen molar-refractivity contribution in [1.29, 1.82) is 0 Å². The molecule has 1 fully saturated rings. The van der Waals surface area contributed by atoms with Gasteiger partial charge in [-0.1, -0.05) is 35.5 Å². The summed E-state index contributed by atoms with van der Waals surface area (Å²) in [6.07, 6.45) is 1.15. The number of hydrogen-bond donors (Lipinski definition) is 1. The smallest absolute Gasteiger partial charge is 0.252 e. The Morgan fingerprint density at radius 2 is 2.23 bits per heavy atom. The zero-order chi connectivity index (χ0) is 15.2. The Kier molecular flexibility index (Phi) is 5.15. The fourth-order valence-electron chi connectivity index (χ4n) is 2.76. The Bertz CT molecular complexity index is 573. The molecule has 1 aliphatic heterocycles. The number of hydrogen-bond acceptors (Lipinski definition) is 6. The third kappa shape index (κ3) is 4.13. The van der Waals surface area contributed by atoms with E-state index in [0.29, 0.717) is 30.9 Å². The van der Waals surface area contributed by atoms with Gasteiger partial charge in [-0.15, -0.1) is 0 Å². The van der Waals surface area contributed by atoms with Gasteiger partial charge in [-0.2, -0.15) is 4.98 Å². The van der Waals surface area contributed by atoms with Crippen LogP contribution >= 0.6 is 0 Å². The Morgan fingerprint density at radius 3 is 3.05 bits per heavy atom. The summed E-state index contributed by atoms with van der Waals surface area (Å²) in [7, 11) is 1.61. The summed E-state index contributed by atoms with van der Waals surface area (Å²) in [6, 6.07) is 11.1. The highest BCUT2D eigenvalue weighted by molar-refractivity contribution is 5.14. The normalized spacial score (nSPS) is 18.9. The number of methoxy groups -OCH3 is 1. The van der Waals surface area contributed by atoms with E-state index < -0.39 is 0 Å². The number of aromatic nitrogens is 2. The van der Waals surface area contributed by atoms with Crippen LogP contribution in [-0.2, 0) is 24.4 Å². The molecule has 6 nitrogen and oxygen atoms in total. The summed E-state index contributed by atoms with van der Waals surface area (Å²) in [4.78, 5) is 6.74. The lowest BCUT2D eigenvalue weighted by Gasteiger charge is -2.16. The molecule has 0 saturated carbocycles. The first-order chi connectivity index (χ1) is 10.8. The summed E-state index contributed by atoms with van der Waals surface area (Å²) in [5.74, 6) is 1.21. The largest absolute Gasteiger partial charge is 0.375 e. The van der Waals surface area contributed by atoms with Crippen molar-refractivity contribution in [3.63, 3.8) is 0 Å². The van der Waals surface area contributed by atoms with Crippen LogP contribution in [0.15, 0.2) is 34.9 Å². The lowest BCUT2D eigenvalue weighted by Crippen LogP contribution is -2.32. The minimum atomic E-state index is 0.362. The van der Waals surface area contributed by atoms with Crippen LogP contribution in [0.2, 0.25) is 0 Å². The van der Waals surface area contributed by atoms with E-state index in [2.05, 4.69) is 50.7 Å². The fourth-order valence-corrected chi connectivity index (χ4v) is 2.76. The molecule has 0 spiro atoms. The van der Waals surface area contributed by atoms with Gasteiger partial charge in [0.05, 0.1) is 6.54 Å². The molecule has 1 atom stereocenters. The minimum absolute atomic E-state index is 0.362. The highest BCUT2D eigenvalue weighted by Gasteiger charge is 2.22. The van der Waals surface area contributed by atoms with Crippen LogP contribution in [0.25, 0.3) is 0 Å². The second-order valence-corrected chi connectivity index (χ2v) is 5.62. The van der Waals surface area contributed by atoms with Crippen molar-refractivity contribution in [1.82, 2.24) is 20.4 Å². The van der Waals surface area contributed by atoms with E-state index in [9.17, 15) is 0 Å². The second-order valence-electron chi connectivity index (χ2n) is 5.62. The molecule has 0 unspecified atom stereocenters. The predicted molar refractivity (Wildman–Crippen MR) is 82.0 cm³/mol. The Morgan fingerprint density at radius 1 is 1.36 bits per heavy atom. The number of benzene rings is 1. The van der Waals surface area contributed by atoms with Gasteiger partial charge in [0.1, 0.15) is 6.61 Å². The quantitative estimate of drug-likeness (QED) is 0.838. The van der Waals surface area contributed by atoms with Crippen LogP contribution in [0.5, 0.6) is 0 Å². The van der Waals surface area contributed by atoms with E-state index in [-0.39, 0.29) is 0 Å². The van der Waals surface area contributed by atoms with Gasteiger partial charge in [0.2, 0.25) is 0 Å². The molecule has 0 aliphatic carbocycles. The second kappa shape index (κ2) is 7.49. The Labute approximate surface area is 130 Å². The van der Waals surface area contributed by atoms with Gasteiger partial charge in [-0.3, -0.25) is 4.90 Å². The predicted octanol–water partition coefficient (Wildman–Crippen LogP) is 1.58. The molecule has 22 heavy (non-hydrogen) atoms. The maximum absolute atomic E-state index is 5.08. The Balaban J connectivity index is 1.42. The molecule has 1 aromatic heterocycles. The van der Waals surface area contributed by atoms with E-state index in [1.54, 1.807) is 7.11 Å². The number of nitrogens with zero attached hydrogens (tertiary/aromatic N) is 3. The molecule has 3 rings (SSSR count). The highest BCUT2D eigenvalue weighted by atomic mass is 16.5. The summed E-state index contributed by atoms with van der Waals surface area (Å²) < 4.78 is 10.1. The fraction of sp³-hybridized carbons (Fsp3) is 0.500. The van der Waals surface area contributed by atoms with Crippen molar-refractivity contribution in [3.8, 4) is 0 Å². The molecule has 0 amide bonds. The van der Waals surface area contributed by atoms with Gasteiger partial charge >= 0.3 is 0 Å². The van der Waals surface area contributed by atoms with Gasteiger partial charge in [-0.05, 0) is 12.0 Å². The van der Waals surface area contributed by atoms with Crippen LogP contribution in [0, 0.1) is 0 Å². The molecule has 0 bridgehead atoms. The molecular weight excluding hydrogens is 280 g/mol. The number of ether oxygens (including phenoxy) is 1. The summed E-state index contributed by atoms with van der Waals surface area (Å²) in [6.45, 7) is 4.18. The van der Waals surface area contributed by atoms with E-state index in [1.807, 2.05) is 0 Å². The van der Waals surface area contributed by atoms with E-state index in [0.717, 1.165) is 26.1 Å². The molecule has 0 radical (unpaired) electrons. The zero-order valence-electron chi connectivity index (χ0n) is 12.9. The number of nitrogens with one attached hydrogen (secondary N) is 1. The third-order valence-corrected chi connectivity index (χ3v) is 3.85. The average molecular weight is 302 g/mol. The van der Waals surface area contributed by atoms with Gasteiger partial charge < -0.3 is 14.6 Å². The van der Waals surface area contributed by atoms with Crippen molar-refractivity contribution < 1.29 is 9.26 Å². The monoisotopic (exact) mass is 302 g/mol. The van der Waals surface area contributed by atoms with Crippen LogP contribution < -0.4 is 5.32 Å². The van der Waals surface area contributed by atoms with Crippen LogP contribution in [-0.4, -0.2) is 41.3 Å². The molecule has 6 heteroatoms. The van der Waals surface area contributed by atoms with Crippen LogP contribution in [0.4, 0.5) is 0 Å². The Hall–Kier alpha value is -1.76. The first kappa shape index (κ1) is 15.1. The molecule has 1 N–H and O–H groups in total. The molecule has 2 heterocycles. The van der Waals surface area contributed by atoms with Gasteiger partial charge in [-0.25, -0.2) is 0 Å². The number of rotatable bonds is 7. The van der Waals surface area contributed by atoms with Crippen molar-refractivity contribution >= 4 is 0 Å². The molecule has 2 aromatic rings. The topological polar surface area (TPSA) is 63.4 Å². The lowest BCUT2D eigenvalue weighted by molar-refractivity contribution is 0.151. The van der Waals surface area contributed by atoms with Crippen LogP contribution in [0.1, 0.15) is 23.7 Å². The zero-order valence-corrected chi connectivity index (χ0v) is 12.9. The van der Waals surface area contributed by atoms with Crippen molar-refractivity contribution in [2.24, 2.45) is 0 Å². The lowest BCUT2D eigenvalue weighted by atomic mass is 10.2. The molecule has 1 aliphatic rings. The van der Waals surface area contributed by atoms with Gasteiger partial charge in [0.15, 0.2) is 5.82 Å².